The van der Waals surface area contributed by atoms with E-state index in [2.05, 4.69) is 17.4 Å². The highest BCUT2D eigenvalue weighted by atomic mass is 16.5. The zero-order chi connectivity index (χ0) is 20.7. The summed E-state index contributed by atoms with van der Waals surface area (Å²) in [5.41, 5.74) is 1.18. The summed E-state index contributed by atoms with van der Waals surface area (Å²) in [7, 11) is 1.60. The number of anilines is 1. The van der Waals surface area contributed by atoms with Crippen LogP contribution < -0.4 is 10.1 Å². The molecule has 154 valence electrons. The van der Waals surface area contributed by atoms with Crippen LogP contribution in [0, 0.1) is 11.8 Å². The Morgan fingerprint density at radius 3 is 2.70 bits per heavy atom. The van der Waals surface area contributed by atoms with E-state index >= 15 is 0 Å². The third-order valence-electron chi connectivity index (χ3n) is 6.35. The third kappa shape index (κ3) is 3.08. The van der Waals surface area contributed by atoms with E-state index in [1.807, 2.05) is 35.3 Å². The Morgan fingerprint density at radius 1 is 1.20 bits per heavy atom. The summed E-state index contributed by atoms with van der Waals surface area (Å²) in [5, 5.41) is 2.94. The normalized spacial score (nSPS) is 28.6. The second-order valence-electron chi connectivity index (χ2n) is 8.11. The molecular formula is C24H24N2O4. The van der Waals surface area contributed by atoms with Crippen LogP contribution in [-0.2, 0) is 20.7 Å². The maximum atomic E-state index is 13.3. The zero-order valence-corrected chi connectivity index (χ0v) is 16.8. The molecule has 6 heteroatoms. The van der Waals surface area contributed by atoms with Crippen molar-refractivity contribution in [3.05, 3.63) is 72.3 Å². The number of methoxy groups -OCH3 is 1. The summed E-state index contributed by atoms with van der Waals surface area (Å²) in [4.78, 5) is 28.2. The van der Waals surface area contributed by atoms with E-state index < -0.39 is 17.4 Å². The first-order valence-corrected chi connectivity index (χ1v) is 10.2. The van der Waals surface area contributed by atoms with E-state index in [4.69, 9.17) is 9.47 Å². The van der Waals surface area contributed by atoms with E-state index in [0.29, 0.717) is 18.8 Å². The van der Waals surface area contributed by atoms with E-state index in [1.54, 1.807) is 31.4 Å². The van der Waals surface area contributed by atoms with Gasteiger partial charge in [0.15, 0.2) is 0 Å². The lowest BCUT2D eigenvalue weighted by Crippen LogP contribution is -2.41. The molecule has 1 N–H and O–H groups in total. The minimum absolute atomic E-state index is 0.00709. The van der Waals surface area contributed by atoms with Crippen LogP contribution >= 0.6 is 0 Å². The van der Waals surface area contributed by atoms with E-state index in [1.165, 1.54) is 5.56 Å². The molecule has 5 rings (SSSR count). The zero-order valence-electron chi connectivity index (χ0n) is 16.8. The molecule has 2 fully saturated rings. The van der Waals surface area contributed by atoms with Crippen LogP contribution in [0.1, 0.15) is 5.56 Å². The Labute approximate surface area is 175 Å². The van der Waals surface area contributed by atoms with Gasteiger partial charge in [-0.25, -0.2) is 0 Å². The summed E-state index contributed by atoms with van der Waals surface area (Å²) in [5.74, 6) is -0.446. The van der Waals surface area contributed by atoms with Crippen molar-refractivity contribution >= 4 is 17.5 Å². The lowest BCUT2D eigenvalue weighted by Gasteiger charge is -2.23. The summed E-state index contributed by atoms with van der Waals surface area (Å²) >= 11 is 0. The fraction of sp³-hybridized carbons (Fsp3) is 0.333. The lowest BCUT2D eigenvalue weighted by molar-refractivity contribution is -0.135. The van der Waals surface area contributed by atoms with Gasteiger partial charge >= 0.3 is 0 Å². The van der Waals surface area contributed by atoms with Crippen molar-refractivity contribution in [2.45, 2.75) is 18.1 Å². The van der Waals surface area contributed by atoms with Crippen molar-refractivity contribution in [2.24, 2.45) is 11.8 Å². The number of hydrogen-bond acceptors (Lipinski definition) is 4. The number of amides is 2. The average Bonchev–Trinajstić information content (AvgIpc) is 3.41. The minimum atomic E-state index is -0.680. The molecule has 0 radical (unpaired) electrons. The molecule has 0 unspecified atom stereocenters. The van der Waals surface area contributed by atoms with Crippen molar-refractivity contribution in [2.75, 3.05) is 25.5 Å². The molecule has 4 atom stereocenters. The van der Waals surface area contributed by atoms with E-state index in [-0.39, 0.29) is 17.9 Å². The number of benzene rings is 2. The molecule has 30 heavy (non-hydrogen) atoms. The standard InChI is InChI=1S/C24H24N2O4/c1-29-18-9-7-17(8-10-18)25-22(27)20-19-11-13-24(30-19)15-26(23(28)21(20)24)14-12-16-5-3-2-4-6-16/h2-11,13,19-21H,12,14-15H2,1H3,(H,25,27)/t19-,20-,21+,24-/m1/s1. The largest absolute Gasteiger partial charge is 0.497 e. The van der Waals surface area contributed by atoms with E-state index in [9.17, 15) is 9.59 Å². The van der Waals surface area contributed by atoms with Gasteiger partial charge in [0, 0.05) is 12.2 Å². The Balaban J connectivity index is 1.31. The van der Waals surface area contributed by atoms with Crippen LogP contribution in [0.4, 0.5) is 5.69 Å². The highest BCUT2D eigenvalue weighted by molar-refractivity contribution is 5.99. The highest BCUT2D eigenvalue weighted by Gasteiger charge is 2.66. The average molecular weight is 404 g/mol. The molecule has 2 aromatic carbocycles. The van der Waals surface area contributed by atoms with Crippen molar-refractivity contribution in [1.29, 1.82) is 0 Å². The van der Waals surface area contributed by atoms with Crippen LogP contribution in [0.25, 0.3) is 0 Å². The highest BCUT2D eigenvalue weighted by Crippen LogP contribution is 2.52. The number of hydrogen-bond donors (Lipinski definition) is 1. The third-order valence-corrected chi connectivity index (χ3v) is 6.35. The van der Waals surface area contributed by atoms with Crippen LogP contribution in [0.5, 0.6) is 5.75 Å². The predicted molar refractivity (Wildman–Crippen MR) is 112 cm³/mol. The smallest absolute Gasteiger partial charge is 0.231 e. The maximum absolute atomic E-state index is 13.3. The van der Waals surface area contributed by atoms with Crippen LogP contribution in [0.2, 0.25) is 0 Å². The second kappa shape index (κ2) is 7.29. The molecule has 0 aliphatic carbocycles. The fourth-order valence-corrected chi connectivity index (χ4v) is 4.88. The number of carbonyl (C=O) groups is 2. The number of nitrogens with zero attached hydrogens (tertiary/aromatic N) is 1. The maximum Gasteiger partial charge on any atom is 0.231 e. The fourth-order valence-electron chi connectivity index (χ4n) is 4.88. The molecular weight excluding hydrogens is 380 g/mol. The van der Waals surface area contributed by atoms with Gasteiger partial charge in [0.1, 0.15) is 11.4 Å². The lowest BCUT2D eigenvalue weighted by atomic mass is 9.77. The van der Waals surface area contributed by atoms with Crippen LogP contribution in [0.15, 0.2) is 66.7 Å². The van der Waals surface area contributed by atoms with Gasteiger partial charge in [-0.3, -0.25) is 9.59 Å². The van der Waals surface area contributed by atoms with Gasteiger partial charge in [0.25, 0.3) is 0 Å². The summed E-state index contributed by atoms with van der Waals surface area (Å²) in [6.45, 7) is 1.12. The number of likely N-dealkylation sites (tertiary alicyclic amines) is 1. The molecule has 6 nitrogen and oxygen atoms in total. The Bertz CT molecular complexity index is 988. The van der Waals surface area contributed by atoms with Gasteiger partial charge in [0.05, 0.1) is 31.6 Å². The van der Waals surface area contributed by atoms with Gasteiger partial charge in [-0.15, -0.1) is 0 Å². The van der Waals surface area contributed by atoms with Gasteiger partial charge in [-0.1, -0.05) is 42.5 Å². The molecule has 2 aromatic rings. The number of fused-ring (bicyclic) bond motifs is 1. The van der Waals surface area contributed by atoms with Crippen LogP contribution in [0.3, 0.4) is 0 Å². The second-order valence-corrected chi connectivity index (χ2v) is 8.11. The molecule has 1 spiro atoms. The number of carbonyl (C=O) groups excluding carboxylic acids is 2. The quantitative estimate of drug-likeness (QED) is 0.752. The van der Waals surface area contributed by atoms with Gasteiger partial charge in [0.2, 0.25) is 11.8 Å². The summed E-state index contributed by atoms with van der Waals surface area (Å²) < 4.78 is 11.3. The first kappa shape index (κ1) is 18.9. The Hall–Kier alpha value is -3.12. The Kier molecular flexibility index (Phi) is 4.59. The van der Waals surface area contributed by atoms with E-state index in [0.717, 1.165) is 12.2 Å². The molecule has 2 saturated heterocycles. The van der Waals surface area contributed by atoms with Crippen molar-refractivity contribution in [1.82, 2.24) is 4.90 Å². The molecule has 2 bridgehead atoms. The van der Waals surface area contributed by atoms with Gasteiger partial charge in [-0.2, -0.15) is 0 Å². The predicted octanol–water partition coefficient (Wildman–Crippen LogP) is 2.66. The summed E-state index contributed by atoms with van der Waals surface area (Å²) in [6, 6.07) is 17.3. The van der Waals surface area contributed by atoms with Gasteiger partial charge < -0.3 is 19.7 Å². The van der Waals surface area contributed by atoms with Crippen molar-refractivity contribution < 1.29 is 19.1 Å². The number of ether oxygens (including phenoxy) is 2. The molecule has 0 saturated carbocycles. The minimum Gasteiger partial charge on any atom is -0.497 e. The van der Waals surface area contributed by atoms with Gasteiger partial charge in [-0.05, 0) is 36.2 Å². The Morgan fingerprint density at radius 2 is 1.97 bits per heavy atom. The molecule has 2 amide bonds. The molecule has 0 aromatic heterocycles. The molecule has 3 heterocycles. The topological polar surface area (TPSA) is 67.9 Å². The molecule has 3 aliphatic rings. The van der Waals surface area contributed by atoms with Crippen molar-refractivity contribution in [3.63, 3.8) is 0 Å². The van der Waals surface area contributed by atoms with Crippen molar-refractivity contribution in [3.8, 4) is 5.75 Å². The summed E-state index contributed by atoms with van der Waals surface area (Å²) in [6.07, 6.45) is 4.35. The first-order valence-electron chi connectivity index (χ1n) is 10.2. The van der Waals surface area contributed by atoms with Crippen LogP contribution in [-0.4, -0.2) is 48.6 Å². The number of rotatable bonds is 6. The SMILES string of the molecule is COc1ccc(NC(=O)[C@H]2[C@H]3C(=O)N(CCc4ccccc4)C[C@]34C=C[C@H]2O4)cc1. The first-order chi connectivity index (χ1) is 14.6. The molecule has 3 aliphatic heterocycles. The number of nitrogens with one attached hydrogen (secondary N) is 1. The monoisotopic (exact) mass is 404 g/mol.